The molecule has 0 bridgehead atoms. The summed E-state index contributed by atoms with van der Waals surface area (Å²) in [6, 6.07) is 9.72. The number of aromatic nitrogens is 4. The minimum Gasteiger partial charge on any atom is -0.479 e. The number of benzene rings is 2. The molecular formula is C31H37ClF3N6O9P. The number of nitrogens with two attached hydrogens (primary N) is 1. The van der Waals surface area contributed by atoms with Crippen molar-refractivity contribution in [3.05, 3.63) is 71.0 Å². The van der Waals surface area contributed by atoms with Crippen LogP contribution in [-0.4, -0.2) is 80.4 Å². The number of fused-ring (bicyclic) bond motifs is 1. The van der Waals surface area contributed by atoms with Gasteiger partial charge in [-0.15, -0.1) is 0 Å². The number of aliphatic hydroxyl groups is 2. The lowest BCUT2D eigenvalue weighted by Gasteiger charge is -2.31. The van der Waals surface area contributed by atoms with Crippen LogP contribution in [0.2, 0.25) is 5.02 Å². The van der Waals surface area contributed by atoms with E-state index >= 15 is 0 Å². The van der Waals surface area contributed by atoms with E-state index in [4.69, 9.17) is 40.6 Å². The Morgan fingerprint density at radius 3 is 2.45 bits per heavy atom. The third-order valence-corrected chi connectivity index (χ3v) is 9.32. The topological polar surface area (TPSA) is 202 Å². The van der Waals surface area contributed by atoms with Crippen molar-refractivity contribution in [1.29, 1.82) is 0 Å². The first kappa shape index (κ1) is 39.8. The van der Waals surface area contributed by atoms with Crippen LogP contribution in [0, 0.1) is 0 Å². The normalized spacial score (nSPS) is 15.2. The Morgan fingerprint density at radius 2 is 1.80 bits per heavy atom. The molecule has 2 aromatic heterocycles. The monoisotopic (exact) mass is 760 g/mol. The predicted molar refractivity (Wildman–Crippen MR) is 178 cm³/mol. The zero-order valence-electron chi connectivity index (χ0n) is 27.8. The molecule has 0 saturated heterocycles. The Morgan fingerprint density at radius 1 is 1.12 bits per heavy atom. The number of imidazole rings is 1. The molecule has 3 unspecified atom stereocenters. The lowest BCUT2D eigenvalue weighted by molar-refractivity contribution is -0.152. The number of methoxy groups -OCH3 is 1. The fraction of sp³-hybridized carbons (Fsp3) is 0.419. The zero-order valence-corrected chi connectivity index (χ0v) is 29.5. The molecule has 15 nitrogen and oxygen atoms in total. The summed E-state index contributed by atoms with van der Waals surface area (Å²) in [6.45, 7) is 1.98. The van der Waals surface area contributed by atoms with Crippen LogP contribution in [0.5, 0.6) is 11.6 Å². The van der Waals surface area contributed by atoms with E-state index in [9.17, 15) is 32.7 Å². The molecule has 0 radical (unpaired) electrons. The molecule has 0 aliphatic rings. The number of carbonyl (C=O) groups excluding carboxylic acids is 1. The number of carbonyl (C=O) groups is 1. The number of anilines is 1. The third kappa shape index (κ3) is 10.3. The van der Waals surface area contributed by atoms with E-state index in [1.54, 1.807) is 11.5 Å². The molecule has 2 aromatic carbocycles. The van der Waals surface area contributed by atoms with Crippen molar-refractivity contribution in [2.75, 3.05) is 32.7 Å². The first-order chi connectivity index (χ1) is 24.0. The van der Waals surface area contributed by atoms with Crippen molar-refractivity contribution in [2.45, 2.75) is 57.3 Å². The van der Waals surface area contributed by atoms with Crippen LogP contribution in [0.15, 0.2) is 54.9 Å². The number of aliphatic hydroxyl groups excluding tert-OH is 2. The average Bonchev–Trinajstić information content (AvgIpc) is 3.50. The maximum atomic E-state index is 14.2. The summed E-state index contributed by atoms with van der Waals surface area (Å²) in [5.41, 5.74) is 3.34. The maximum absolute atomic E-state index is 14.2. The van der Waals surface area contributed by atoms with Gasteiger partial charge in [0.05, 0.1) is 44.9 Å². The van der Waals surface area contributed by atoms with E-state index in [1.165, 1.54) is 63.7 Å². The van der Waals surface area contributed by atoms with Crippen LogP contribution in [0.4, 0.5) is 19.1 Å². The van der Waals surface area contributed by atoms with Crippen molar-refractivity contribution in [2.24, 2.45) is 0 Å². The number of nitrogens with one attached hydrogen (secondary N) is 1. The van der Waals surface area contributed by atoms with Gasteiger partial charge in [0.25, 0.3) is 0 Å². The standard InChI is InChI=1S/C31H37ClF3N6O9P/c1-18(41-17-37-25-26(41)38-29(36)39-27(25)46-4)14-47-24(23(43)13-42)16-49-51(45,50-21-11-9-20(32)10-12-21)40-30(2,3)28(44)48-15-19-7-5-6-8-22(19)31(33,34)35/h5-12,17-18,23-24,42-43H,13-16H2,1-4H3,(H,40,45)(H2,36,38,39)/t18?,23-,24?,51?/m0/s1. The lowest BCUT2D eigenvalue weighted by atomic mass is 10.1. The number of ether oxygens (including phenoxy) is 3. The van der Waals surface area contributed by atoms with E-state index in [2.05, 4.69) is 20.0 Å². The van der Waals surface area contributed by atoms with E-state index in [-0.39, 0.29) is 29.7 Å². The van der Waals surface area contributed by atoms with Crippen molar-refractivity contribution in [3.8, 4) is 11.6 Å². The highest BCUT2D eigenvalue weighted by molar-refractivity contribution is 7.52. The number of esters is 1. The van der Waals surface area contributed by atoms with Crippen molar-refractivity contribution in [3.63, 3.8) is 0 Å². The Hall–Kier alpha value is -4.03. The van der Waals surface area contributed by atoms with Crippen LogP contribution >= 0.6 is 19.3 Å². The van der Waals surface area contributed by atoms with Crippen LogP contribution in [0.1, 0.15) is 37.9 Å². The summed E-state index contributed by atoms with van der Waals surface area (Å²) in [5.74, 6) is -0.990. The fourth-order valence-corrected chi connectivity index (χ4v) is 6.43. The smallest absolute Gasteiger partial charge is 0.459 e. The molecule has 4 atom stereocenters. The average molecular weight is 761 g/mol. The highest BCUT2D eigenvalue weighted by Crippen LogP contribution is 2.47. The first-order valence-corrected chi connectivity index (χ1v) is 17.1. The minimum atomic E-state index is -4.69. The molecule has 0 amide bonds. The summed E-state index contributed by atoms with van der Waals surface area (Å²) >= 11 is 5.97. The van der Waals surface area contributed by atoms with Gasteiger partial charge in [-0.3, -0.25) is 9.32 Å². The summed E-state index contributed by atoms with van der Waals surface area (Å²) in [6.07, 6.45) is -6.07. The van der Waals surface area contributed by atoms with Crippen LogP contribution in [0.25, 0.3) is 11.2 Å². The fourth-order valence-electron chi connectivity index (χ4n) is 4.62. The highest BCUT2D eigenvalue weighted by atomic mass is 35.5. The second-order valence-electron chi connectivity index (χ2n) is 11.7. The number of rotatable bonds is 17. The first-order valence-electron chi connectivity index (χ1n) is 15.2. The summed E-state index contributed by atoms with van der Waals surface area (Å²) in [7, 11) is -3.21. The molecule has 4 rings (SSSR count). The van der Waals surface area contributed by atoms with Crippen LogP contribution < -0.4 is 20.1 Å². The molecule has 0 fully saturated rings. The largest absolute Gasteiger partial charge is 0.479 e. The van der Waals surface area contributed by atoms with E-state index in [0.717, 1.165) is 12.1 Å². The second-order valence-corrected chi connectivity index (χ2v) is 13.8. The molecule has 5 N–H and O–H groups in total. The van der Waals surface area contributed by atoms with Gasteiger partial charge in [0.2, 0.25) is 11.8 Å². The van der Waals surface area contributed by atoms with Crippen molar-refractivity contribution < 1.29 is 56.0 Å². The molecule has 51 heavy (non-hydrogen) atoms. The van der Waals surface area contributed by atoms with Gasteiger partial charge in [-0.25, -0.2) is 9.55 Å². The second kappa shape index (κ2) is 16.5. The zero-order chi connectivity index (χ0) is 37.6. The third-order valence-electron chi connectivity index (χ3n) is 7.30. The number of nitrogen functional groups attached to an aromatic ring is 1. The molecule has 278 valence electrons. The number of hydrogen-bond acceptors (Lipinski definition) is 13. The van der Waals surface area contributed by atoms with Crippen LogP contribution in [0.3, 0.4) is 0 Å². The van der Waals surface area contributed by atoms with Crippen molar-refractivity contribution in [1.82, 2.24) is 24.6 Å². The van der Waals surface area contributed by atoms with Crippen LogP contribution in [-0.2, 0) is 36.1 Å². The Balaban J connectivity index is 1.51. The summed E-state index contributed by atoms with van der Waals surface area (Å²) in [5, 5.41) is 23.2. The molecule has 4 aromatic rings. The lowest BCUT2D eigenvalue weighted by Crippen LogP contribution is -2.47. The Labute approximate surface area is 295 Å². The Kier molecular flexibility index (Phi) is 12.9. The van der Waals surface area contributed by atoms with E-state index < -0.39 is 69.1 Å². The Bertz CT molecular complexity index is 1850. The number of hydrogen-bond donors (Lipinski definition) is 4. The highest BCUT2D eigenvalue weighted by Gasteiger charge is 2.42. The minimum absolute atomic E-state index is 0.00372. The predicted octanol–water partition coefficient (Wildman–Crippen LogP) is 4.70. The van der Waals surface area contributed by atoms with Gasteiger partial charge in [0, 0.05) is 10.6 Å². The van der Waals surface area contributed by atoms with Gasteiger partial charge in [0.15, 0.2) is 11.2 Å². The van der Waals surface area contributed by atoms with Crippen molar-refractivity contribution >= 4 is 42.4 Å². The van der Waals surface area contributed by atoms with Gasteiger partial charge in [-0.1, -0.05) is 29.8 Å². The van der Waals surface area contributed by atoms with Gasteiger partial charge >= 0.3 is 19.9 Å². The van der Waals surface area contributed by atoms with E-state index in [0.29, 0.717) is 16.2 Å². The van der Waals surface area contributed by atoms with Gasteiger partial charge in [0.1, 0.15) is 30.1 Å². The maximum Gasteiger partial charge on any atom is 0.459 e. The number of alkyl halides is 3. The molecule has 20 heteroatoms. The van der Waals surface area contributed by atoms with Gasteiger partial charge < -0.3 is 39.2 Å². The molecule has 0 aliphatic heterocycles. The van der Waals surface area contributed by atoms with E-state index in [1.807, 2.05) is 0 Å². The SMILES string of the molecule is COc1nc(N)nc2c1ncn2C(C)COC(COP(=O)(NC(C)(C)C(=O)OCc1ccccc1C(F)(F)F)Oc1ccc(Cl)cc1)[C@@H](O)CO. The molecule has 2 heterocycles. The molecule has 0 saturated carbocycles. The van der Waals surface area contributed by atoms with Gasteiger partial charge in [-0.2, -0.15) is 28.2 Å². The van der Waals surface area contributed by atoms with Gasteiger partial charge in [-0.05, 0) is 51.1 Å². The molecule has 0 spiro atoms. The summed E-state index contributed by atoms with van der Waals surface area (Å²) < 4.78 is 83.9. The molecular weight excluding hydrogens is 724 g/mol. The number of nitrogens with zero attached hydrogens (tertiary/aromatic N) is 4. The molecule has 0 aliphatic carbocycles. The number of halogens is 4. The quantitative estimate of drug-likeness (QED) is 0.0852. The summed E-state index contributed by atoms with van der Waals surface area (Å²) in [4.78, 5) is 25.6.